The number of fused-ring (bicyclic) bond motifs is 1. The Hall–Kier alpha value is -4.39. The van der Waals surface area contributed by atoms with Crippen molar-refractivity contribution >= 4 is 34.4 Å². The third kappa shape index (κ3) is 5.20. The predicted octanol–water partition coefficient (Wildman–Crippen LogP) is 7.49. The second kappa shape index (κ2) is 10.5. The molecule has 2 heterocycles. The van der Waals surface area contributed by atoms with Crippen molar-refractivity contribution in [2.45, 2.75) is 72.3 Å². The minimum absolute atomic E-state index is 0.0177. The molecule has 0 radical (unpaired) electrons. The number of amides is 1. The summed E-state index contributed by atoms with van der Waals surface area (Å²) >= 11 is 0. The molecule has 0 spiro atoms. The molecule has 1 amide bonds. The summed E-state index contributed by atoms with van der Waals surface area (Å²) < 4.78 is 5.86. The lowest BCUT2D eigenvalue weighted by Gasteiger charge is -2.25. The summed E-state index contributed by atoms with van der Waals surface area (Å²) in [5.41, 5.74) is 5.27. The molecule has 4 aromatic rings. The Morgan fingerprint density at radius 2 is 1.64 bits per heavy atom. The van der Waals surface area contributed by atoms with Gasteiger partial charge in [-0.15, -0.1) is 0 Å². The molecular formula is C35H39N3O4. The van der Waals surface area contributed by atoms with Gasteiger partial charge in [0, 0.05) is 11.1 Å². The summed E-state index contributed by atoms with van der Waals surface area (Å²) in [5, 5.41) is 11.8. The van der Waals surface area contributed by atoms with E-state index in [4.69, 9.17) is 4.74 Å². The topological polar surface area (TPSA) is 95.5 Å². The third-order valence-corrected chi connectivity index (χ3v) is 7.75. The van der Waals surface area contributed by atoms with Gasteiger partial charge in [0.2, 0.25) is 5.95 Å². The molecule has 2 N–H and O–H groups in total. The van der Waals surface area contributed by atoms with E-state index in [0.717, 1.165) is 22.2 Å². The lowest BCUT2D eigenvalue weighted by Crippen LogP contribution is -2.30. The number of H-pyrrole nitrogens is 1. The maximum absolute atomic E-state index is 13.8. The summed E-state index contributed by atoms with van der Waals surface area (Å²) in [5.74, 6) is -0.779. The highest BCUT2D eigenvalue weighted by Gasteiger charge is 2.48. The lowest BCUT2D eigenvalue weighted by molar-refractivity contribution is -0.132. The highest BCUT2D eigenvalue weighted by atomic mass is 16.5. The van der Waals surface area contributed by atoms with E-state index in [0.29, 0.717) is 29.0 Å². The van der Waals surface area contributed by atoms with Crippen LogP contribution in [0, 0.1) is 6.92 Å². The summed E-state index contributed by atoms with van der Waals surface area (Å²) in [7, 11) is 0. The van der Waals surface area contributed by atoms with Crippen LogP contribution in [0.15, 0.2) is 66.2 Å². The average Bonchev–Trinajstić information content (AvgIpc) is 3.45. The Bertz CT molecular complexity index is 1720. The van der Waals surface area contributed by atoms with Crippen LogP contribution in [0.4, 0.5) is 5.95 Å². The number of hydrogen-bond acceptors (Lipinski definition) is 5. The number of carbonyl (C=O) groups is 2. The number of aromatic nitrogens is 2. The van der Waals surface area contributed by atoms with Gasteiger partial charge in [0.15, 0.2) is 0 Å². The molecule has 7 nitrogen and oxygen atoms in total. The van der Waals surface area contributed by atoms with E-state index < -0.39 is 17.7 Å². The minimum atomic E-state index is -0.884. The zero-order chi connectivity index (χ0) is 30.6. The van der Waals surface area contributed by atoms with Gasteiger partial charge in [-0.1, -0.05) is 71.9 Å². The Morgan fingerprint density at radius 3 is 2.26 bits per heavy atom. The number of nitrogens with one attached hydrogen (secondary N) is 1. The average molecular weight is 566 g/mol. The second-order valence-electron chi connectivity index (χ2n) is 13.0. The van der Waals surface area contributed by atoms with Gasteiger partial charge in [-0.3, -0.25) is 14.5 Å². The SMILES string of the molecule is CCOc1ccc(/C(O)=C2\C(=O)C(=O)N(c3nc4ccc(C)cc4[nH]3)C2c2ccc(C(C)(C)C)cc2)cc1C(C)(C)C. The fraction of sp³-hybridized carbons (Fsp3) is 0.343. The molecule has 7 heteroatoms. The quantitative estimate of drug-likeness (QED) is 0.148. The van der Waals surface area contributed by atoms with Gasteiger partial charge in [0.05, 0.1) is 29.3 Å². The Morgan fingerprint density at radius 1 is 0.952 bits per heavy atom. The van der Waals surface area contributed by atoms with Crippen molar-refractivity contribution in [3.63, 3.8) is 0 Å². The maximum Gasteiger partial charge on any atom is 0.302 e. The molecule has 1 saturated heterocycles. The second-order valence-corrected chi connectivity index (χ2v) is 13.0. The van der Waals surface area contributed by atoms with Gasteiger partial charge >= 0.3 is 5.91 Å². The molecule has 0 aliphatic carbocycles. The number of benzene rings is 3. The maximum atomic E-state index is 13.8. The number of nitrogens with zero attached hydrogens (tertiary/aromatic N) is 2. The molecule has 42 heavy (non-hydrogen) atoms. The van der Waals surface area contributed by atoms with Gasteiger partial charge < -0.3 is 14.8 Å². The van der Waals surface area contributed by atoms with Gasteiger partial charge in [0.25, 0.3) is 5.78 Å². The van der Waals surface area contributed by atoms with Crippen molar-refractivity contribution in [3.8, 4) is 5.75 Å². The largest absolute Gasteiger partial charge is 0.507 e. The first-order valence-electron chi connectivity index (χ1n) is 14.4. The summed E-state index contributed by atoms with van der Waals surface area (Å²) in [6.45, 7) is 17.0. The van der Waals surface area contributed by atoms with E-state index in [1.165, 1.54) is 4.90 Å². The Labute approximate surface area is 247 Å². The smallest absolute Gasteiger partial charge is 0.302 e. The zero-order valence-corrected chi connectivity index (χ0v) is 25.6. The number of carbonyl (C=O) groups excluding carboxylic acids is 2. The number of ketones is 1. The van der Waals surface area contributed by atoms with E-state index in [-0.39, 0.29) is 28.1 Å². The minimum Gasteiger partial charge on any atom is -0.507 e. The number of anilines is 1. The number of aromatic amines is 1. The number of aliphatic hydroxyl groups is 1. The van der Waals surface area contributed by atoms with Crippen LogP contribution in [0.5, 0.6) is 5.75 Å². The number of imidazole rings is 1. The fourth-order valence-corrected chi connectivity index (χ4v) is 5.46. The number of aryl methyl sites for hydroxylation is 1. The third-order valence-electron chi connectivity index (χ3n) is 7.75. The first-order valence-corrected chi connectivity index (χ1v) is 14.4. The van der Waals surface area contributed by atoms with Crippen molar-refractivity contribution in [1.29, 1.82) is 0 Å². The van der Waals surface area contributed by atoms with E-state index >= 15 is 0 Å². The number of rotatable bonds is 5. The first-order chi connectivity index (χ1) is 19.7. The standard InChI is InChI=1S/C35H39N3O4/c1-9-42-27-17-13-22(19-24(27)35(6,7)8)30(39)28-29(21-11-14-23(15-12-21)34(3,4)5)38(32(41)31(28)40)33-36-25-16-10-20(2)18-26(25)37-33/h10-19,29,39H,9H2,1-8H3,(H,36,37)/b30-28+. The molecule has 5 rings (SSSR count). The van der Waals surface area contributed by atoms with Crippen LogP contribution < -0.4 is 9.64 Å². The van der Waals surface area contributed by atoms with Gasteiger partial charge in [0.1, 0.15) is 11.5 Å². The Kier molecular flexibility index (Phi) is 7.25. The predicted molar refractivity (Wildman–Crippen MR) is 167 cm³/mol. The molecule has 3 aromatic carbocycles. The molecule has 1 aliphatic heterocycles. The van der Waals surface area contributed by atoms with Crippen LogP contribution in [-0.4, -0.2) is 33.4 Å². The molecule has 1 aliphatic rings. The normalized spacial score (nSPS) is 17.3. The fourth-order valence-electron chi connectivity index (χ4n) is 5.46. The Balaban J connectivity index is 1.72. The molecule has 1 aromatic heterocycles. The molecule has 0 saturated carbocycles. The van der Waals surface area contributed by atoms with Crippen molar-refractivity contribution in [2.75, 3.05) is 11.5 Å². The van der Waals surface area contributed by atoms with Crippen LogP contribution in [0.3, 0.4) is 0 Å². The van der Waals surface area contributed by atoms with Crippen molar-refractivity contribution in [3.05, 3.63) is 94.1 Å². The highest BCUT2D eigenvalue weighted by molar-refractivity contribution is 6.51. The zero-order valence-electron chi connectivity index (χ0n) is 25.6. The molecule has 1 fully saturated rings. The molecule has 1 unspecified atom stereocenters. The van der Waals surface area contributed by atoms with Crippen molar-refractivity contribution in [2.24, 2.45) is 0 Å². The van der Waals surface area contributed by atoms with Crippen molar-refractivity contribution in [1.82, 2.24) is 9.97 Å². The van der Waals surface area contributed by atoms with E-state index in [9.17, 15) is 14.7 Å². The van der Waals surface area contributed by atoms with Crippen LogP contribution in [-0.2, 0) is 20.4 Å². The number of ether oxygens (including phenoxy) is 1. The van der Waals surface area contributed by atoms with Crippen LogP contribution in [0.1, 0.15) is 82.3 Å². The molecule has 1 atom stereocenters. The van der Waals surface area contributed by atoms with Gasteiger partial charge in [-0.25, -0.2) is 4.98 Å². The molecular weight excluding hydrogens is 526 g/mol. The summed E-state index contributed by atoms with van der Waals surface area (Å²) in [6.07, 6.45) is 0. The van der Waals surface area contributed by atoms with Crippen LogP contribution in [0.25, 0.3) is 16.8 Å². The van der Waals surface area contributed by atoms with Crippen LogP contribution >= 0.6 is 0 Å². The summed E-state index contributed by atoms with van der Waals surface area (Å²) in [4.78, 5) is 36.8. The van der Waals surface area contributed by atoms with E-state index in [1.807, 2.05) is 68.4 Å². The summed E-state index contributed by atoms with van der Waals surface area (Å²) in [6, 6.07) is 18.1. The number of hydrogen-bond donors (Lipinski definition) is 2. The van der Waals surface area contributed by atoms with Crippen LogP contribution in [0.2, 0.25) is 0 Å². The van der Waals surface area contributed by atoms with Crippen molar-refractivity contribution < 1.29 is 19.4 Å². The number of Topliss-reactive ketones (excluding diaryl/α,β-unsaturated/α-hetero) is 1. The first kappa shape index (κ1) is 29.1. The monoisotopic (exact) mass is 565 g/mol. The van der Waals surface area contributed by atoms with E-state index in [1.54, 1.807) is 6.07 Å². The number of aliphatic hydroxyl groups excluding tert-OH is 1. The van der Waals surface area contributed by atoms with E-state index in [2.05, 4.69) is 51.5 Å². The van der Waals surface area contributed by atoms with Gasteiger partial charge in [-0.2, -0.15) is 0 Å². The molecule has 0 bridgehead atoms. The van der Waals surface area contributed by atoms with Gasteiger partial charge in [-0.05, 0) is 71.7 Å². The lowest BCUT2D eigenvalue weighted by atomic mass is 9.84. The highest BCUT2D eigenvalue weighted by Crippen LogP contribution is 2.43. The molecule has 218 valence electrons.